The lowest BCUT2D eigenvalue weighted by Crippen LogP contribution is -1.97. The van der Waals surface area contributed by atoms with Crippen LogP contribution in [0.3, 0.4) is 0 Å². The first-order valence-electron chi connectivity index (χ1n) is 4.94. The van der Waals surface area contributed by atoms with E-state index in [1.54, 1.807) is 0 Å². The summed E-state index contributed by atoms with van der Waals surface area (Å²) in [4.78, 5) is 3.54. The van der Waals surface area contributed by atoms with E-state index in [0.717, 1.165) is 0 Å². The molecule has 2 nitrogen and oxygen atoms in total. The van der Waals surface area contributed by atoms with Crippen molar-refractivity contribution in [2.24, 2.45) is 0 Å². The molecule has 1 heterocycles. The minimum absolute atomic E-state index is 0.0671. The summed E-state index contributed by atoms with van der Waals surface area (Å²) in [5.74, 6) is -0.757. The van der Waals surface area contributed by atoms with Gasteiger partial charge in [0.25, 0.3) is 0 Å². The normalized spacial score (nSPS) is 10.7. The summed E-state index contributed by atoms with van der Waals surface area (Å²) >= 11 is 17.9. The molecule has 2 aromatic rings. The third-order valence-corrected chi connectivity index (χ3v) is 3.57. The first-order valence-corrected chi connectivity index (χ1v) is 6.07. The fourth-order valence-electron chi connectivity index (χ4n) is 1.62. The van der Waals surface area contributed by atoms with Gasteiger partial charge in [-0.2, -0.15) is 4.39 Å². The van der Waals surface area contributed by atoms with Gasteiger partial charge in [-0.15, -0.1) is 0 Å². The molecule has 18 heavy (non-hydrogen) atoms. The average Bonchev–Trinajstić information content (AvgIpc) is 2.36. The minimum atomic E-state index is -0.757. The molecule has 0 aliphatic rings. The Labute approximate surface area is 118 Å². The van der Waals surface area contributed by atoms with Gasteiger partial charge in [-0.1, -0.05) is 34.8 Å². The molecule has 0 aliphatic carbocycles. The van der Waals surface area contributed by atoms with E-state index < -0.39 is 5.95 Å². The van der Waals surface area contributed by atoms with Crippen molar-refractivity contribution in [3.8, 4) is 11.1 Å². The van der Waals surface area contributed by atoms with Gasteiger partial charge in [0.05, 0.1) is 21.7 Å². The van der Waals surface area contributed by atoms with E-state index in [4.69, 9.17) is 34.8 Å². The maximum Gasteiger partial charge on any atom is 0.221 e. The molecule has 2 rings (SSSR count). The van der Waals surface area contributed by atoms with Gasteiger partial charge < -0.3 is 5.11 Å². The van der Waals surface area contributed by atoms with Gasteiger partial charge in [0, 0.05) is 17.3 Å². The Morgan fingerprint density at radius 2 is 1.72 bits per heavy atom. The molecule has 0 saturated carbocycles. The van der Waals surface area contributed by atoms with Crippen LogP contribution in [0.1, 0.15) is 5.56 Å². The summed E-state index contributed by atoms with van der Waals surface area (Å²) in [7, 11) is 0. The standard InChI is InChI=1S/C12H7Cl3FNO/c13-7-1-2-8(14)11(15)10(7)9-6(5-18)3-4-17-12(9)16/h1-4,18H,5H2. The van der Waals surface area contributed by atoms with Gasteiger partial charge in [0.1, 0.15) is 0 Å². The molecule has 0 aliphatic heterocycles. The maximum absolute atomic E-state index is 13.8. The molecular formula is C12H7Cl3FNO. The van der Waals surface area contributed by atoms with Crippen LogP contribution in [0.4, 0.5) is 4.39 Å². The number of aromatic nitrogens is 1. The van der Waals surface area contributed by atoms with E-state index in [1.807, 2.05) is 0 Å². The predicted octanol–water partition coefficient (Wildman–Crippen LogP) is 4.34. The van der Waals surface area contributed by atoms with E-state index in [1.165, 1.54) is 24.4 Å². The van der Waals surface area contributed by atoms with Crippen LogP contribution in [0.2, 0.25) is 15.1 Å². The molecule has 0 fully saturated rings. The zero-order chi connectivity index (χ0) is 13.3. The number of aliphatic hydroxyl groups is 1. The molecule has 94 valence electrons. The number of hydrogen-bond donors (Lipinski definition) is 1. The van der Waals surface area contributed by atoms with Crippen LogP contribution in [-0.4, -0.2) is 10.1 Å². The quantitative estimate of drug-likeness (QED) is 0.661. The lowest BCUT2D eigenvalue weighted by molar-refractivity contribution is 0.281. The molecule has 1 aromatic heterocycles. The smallest absolute Gasteiger partial charge is 0.221 e. The van der Waals surface area contributed by atoms with Crippen molar-refractivity contribution < 1.29 is 9.50 Å². The molecular weight excluding hydrogens is 299 g/mol. The average molecular weight is 307 g/mol. The zero-order valence-electron chi connectivity index (χ0n) is 8.92. The number of hydrogen-bond acceptors (Lipinski definition) is 2. The minimum Gasteiger partial charge on any atom is -0.392 e. The highest BCUT2D eigenvalue weighted by molar-refractivity contribution is 6.46. The van der Waals surface area contributed by atoms with E-state index in [0.29, 0.717) is 5.56 Å². The third kappa shape index (κ3) is 2.31. The first-order chi connectivity index (χ1) is 8.56. The molecule has 0 bridgehead atoms. The second-order valence-corrected chi connectivity index (χ2v) is 4.70. The number of nitrogens with zero attached hydrogens (tertiary/aromatic N) is 1. The van der Waals surface area contributed by atoms with Gasteiger partial charge in [-0.25, -0.2) is 4.98 Å². The molecule has 1 aromatic carbocycles. The number of halogens is 4. The number of pyridine rings is 1. The Morgan fingerprint density at radius 3 is 2.39 bits per heavy atom. The molecule has 0 saturated heterocycles. The largest absolute Gasteiger partial charge is 0.392 e. The topological polar surface area (TPSA) is 33.1 Å². The van der Waals surface area contributed by atoms with E-state index in [-0.39, 0.29) is 32.8 Å². The van der Waals surface area contributed by atoms with Gasteiger partial charge in [-0.05, 0) is 23.8 Å². The second-order valence-electron chi connectivity index (χ2n) is 3.51. The van der Waals surface area contributed by atoms with Gasteiger partial charge in [0.2, 0.25) is 5.95 Å². The molecule has 0 unspecified atom stereocenters. The highest BCUT2D eigenvalue weighted by atomic mass is 35.5. The Morgan fingerprint density at radius 1 is 1.06 bits per heavy atom. The summed E-state index contributed by atoms with van der Waals surface area (Å²) in [5.41, 5.74) is 0.645. The summed E-state index contributed by atoms with van der Waals surface area (Å²) in [6.45, 7) is -0.353. The van der Waals surface area contributed by atoms with Crippen molar-refractivity contribution in [1.29, 1.82) is 0 Å². The van der Waals surface area contributed by atoms with Gasteiger partial charge >= 0.3 is 0 Å². The van der Waals surface area contributed by atoms with Crippen molar-refractivity contribution in [2.75, 3.05) is 0 Å². The Balaban J connectivity index is 2.81. The molecule has 0 radical (unpaired) electrons. The number of aliphatic hydroxyl groups excluding tert-OH is 1. The van der Waals surface area contributed by atoms with E-state index in [9.17, 15) is 9.50 Å². The molecule has 1 N–H and O–H groups in total. The fourth-order valence-corrected chi connectivity index (χ4v) is 2.34. The van der Waals surface area contributed by atoms with Crippen LogP contribution in [0.15, 0.2) is 24.4 Å². The predicted molar refractivity (Wildman–Crippen MR) is 70.6 cm³/mol. The Kier molecular flexibility index (Phi) is 4.07. The van der Waals surface area contributed by atoms with Crippen molar-refractivity contribution in [1.82, 2.24) is 4.98 Å². The lowest BCUT2D eigenvalue weighted by atomic mass is 10.0. The lowest BCUT2D eigenvalue weighted by Gasteiger charge is -2.12. The monoisotopic (exact) mass is 305 g/mol. The van der Waals surface area contributed by atoms with Crippen LogP contribution >= 0.6 is 34.8 Å². The van der Waals surface area contributed by atoms with Crippen LogP contribution < -0.4 is 0 Å². The number of benzene rings is 1. The van der Waals surface area contributed by atoms with Crippen molar-refractivity contribution >= 4 is 34.8 Å². The van der Waals surface area contributed by atoms with Gasteiger partial charge in [-0.3, -0.25) is 0 Å². The third-order valence-electron chi connectivity index (χ3n) is 2.46. The number of rotatable bonds is 2. The summed E-state index contributed by atoms with van der Waals surface area (Å²) in [5, 5.41) is 9.87. The molecule has 6 heteroatoms. The molecule has 0 spiro atoms. The maximum atomic E-state index is 13.8. The SMILES string of the molecule is OCc1ccnc(F)c1-c1c(Cl)ccc(Cl)c1Cl. The fraction of sp³-hybridized carbons (Fsp3) is 0.0833. The Bertz CT molecular complexity index is 604. The second kappa shape index (κ2) is 5.41. The zero-order valence-corrected chi connectivity index (χ0v) is 11.2. The van der Waals surface area contributed by atoms with Crippen molar-refractivity contribution in [3.63, 3.8) is 0 Å². The van der Waals surface area contributed by atoms with E-state index >= 15 is 0 Å². The molecule has 0 atom stereocenters. The van der Waals surface area contributed by atoms with Crippen LogP contribution in [-0.2, 0) is 6.61 Å². The van der Waals surface area contributed by atoms with Crippen molar-refractivity contribution in [2.45, 2.75) is 6.61 Å². The van der Waals surface area contributed by atoms with Gasteiger partial charge in [0.15, 0.2) is 0 Å². The first kappa shape index (κ1) is 13.6. The molecule has 0 amide bonds. The van der Waals surface area contributed by atoms with Crippen LogP contribution in [0, 0.1) is 5.95 Å². The van der Waals surface area contributed by atoms with Crippen LogP contribution in [0.5, 0.6) is 0 Å². The van der Waals surface area contributed by atoms with Crippen LogP contribution in [0.25, 0.3) is 11.1 Å². The highest BCUT2D eigenvalue weighted by Crippen LogP contribution is 2.41. The van der Waals surface area contributed by atoms with Crippen molar-refractivity contribution in [3.05, 3.63) is 51.0 Å². The highest BCUT2D eigenvalue weighted by Gasteiger charge is 2.19. The summed E-state index contributed by atoms with van der Waals surface area (Å²) in [6, 6.07) is 4.52. The summed E-state index contributed by atoms with van der Waals surface area (Å²) in [6.07, 6.45) is 1.26. The summed E-state index contributed by atoms with van der Waals surface area (Å²) < 4.78 is 13.8. The Hall–Kier alpha value is -0.870. The van der Waals surface area contributed by atoms with E-state index in [2.05, 4.69) is 4.98 Å².